The van der Waals surface area contributed by atoms with Crippen LogP contribution in [0.3, 0.4) is 0 Å². The summed E-state index contributed by atoms with van der Waals surface area (Å²) in [7, 11) is 0. The minimum absolute atomic E-state index is 0.0316. The van der Waals surface area contributed by atoms with Crippen LogP contribution in [0.2, 0.25) is 0 Å². The van der Waals surface area contributed by atoms with Gasteiger partial charge in [0.2, 0.25) is 5.91 Å². The summed E-state index contributed by atoms with van der Waals surface area (Å²) in [6, 6.07) is 1.31. The summed E-state index contributed by atoms with van der Waals surface area (Å²) < 4.78 is 82.6. The Morgan fingerprint density at radius 1 is 1.23 bits per heavy atom. The van der Waals surface area contributed by atoms with E-state index in [1.807, 2.05) is 0 Å². The van der Waals surface area contributed by atoms with Crippen LogP contribution in [0.5, 0.6) is 0 Å². The van der Waals surface area contributed by atoms with Crippen molar-refractivity contribution in [2.75, 3.05) is 36.5 Å². The number of anilines is 2. The summed E-state index contributed by atoms with van der Waals surface area (Å²) in [5, 5.41) is 3.48. The van der Waals surface area contributed by atoms with Crippen LogP contribution in [-0.2, 0) is 19.1 Å². The van der Waals surface area contributed by atoms with Gasteiger partial charge < -0.3 is 26.0 Å². The Hall–Kier alpha value is -2.87. The van der Waals surface area contributed by atoms with Gasteiger partial charge in [-0.2, -0.15) is 8.78 Å². The Bertz CT molecular complexity index is 839. The molecule has 1 atom stereocenters. The van der Waals surface area contributed by atoms with Crippen molar-refractivity contribution < 1.29 is 45.5 Å². The van der Waals surface area contributed by atoms with E-state index in [1.165, 1.54) is 5.32 Å². The van der Waals surface area contributed by atoms with E-state index >= 15 is 0 Å². The van der Waals surface area contributed by atoms with E-state index in [2.05, 4.69) is 5.32 Å². The van der Waals surface area contributed by atoms with Crippen molar-refractivity contribution in [3.05, 3.63) is 23.8 Å². The quantitative estimate of drug-likeness (QED) is 0.510. The van der Waals surface area contributed by atoms with Crippen LogP contribution >= 0.6 is 0 Å². The van der Waals surface area contributed by atoms with Gasteiger partial charge >= 0.3 is 12.3 Å². The topological polar surface area (TPSA) is 114 Å². The SMILES string of the molecule is NC[C@@H](NC(=O)C(F)(F)C(F)F)C(=O)Nc1ccc(N2CCOCC2=O)c(C(F)F)c1. The van der Waals surface area contributed by atoms with E-state index in [1.54, 1.807) is 0 Å². The number of alkyl halides is 6. The number of hydrogen-bond acceptors (Lipinski definition) is 5. The molecule has 1 aromatic rings. The fourth-order valence-corrected chi connectivity index (χ4v) is 2.64. The molecular formula is C17H18F6N4O4. The first-order valence-corrected chi connectivity index (χ1v) is 8.77. The number of carbonyl (C=O) groups is 3. The molecule has 0 aliphatic carbocycles. The van der Waals surface area contributed by atoms with E-state index in [0.717, 1.165) is 23.1 Å². The number of rotatable bonds is 8. The van der Waals surface area contributed by atoms with Crippen LogP contribution in [0.1, 0.15) is 12.0 Å². The van der Waals surface area contributed by atoms with E-state index < -0.39 is 54.6 Å². The third kappa shape index (κ3) is 5.64. The number of carbonyl (C=O) groups excluding carboxylic acids is 3. The number of nitrogens with two attached hydrogens (primary N) is 1. The van der Waals surface area contributed by atoms with Gasteiger partial charge in [-0.05, 0) is 18.2 Å². The normalized spacial score (nSPS) is 15.9. The van der Waals surface area contributed by atoms with Crippen molar-refractivity contribution in [3.8, 4) is 0 Å². The third-order valence-electron chi connectivity index (χ3n) is 4.24. The monoisotopic (exact) mass is 456 g/mol. The zero-order chi connectivity index (χ0) is 23.3. The Kier molecular flexibility index (Phi) is 7.84. The molecule has 1 aliphatic rings. The van der Waals surface area contributed by atoms with Crippen molar-refractivity contribution >= 4 is 29.1 Å². The van der Waals surface area contributed by atoms with E-state index in [4.69, 9.17) is 10.5 Å². The number of hydrogen-bond donors (Lipinski definition) is 3. The summed E-state index contributed by atoms with van der Waals surface area (Å²) in [4.78, 5) is 36.5. The van der Waals surface area contributed by atoms with Gasteiger partial charge in [-0.1, -0.05) is 0 Å². The lowest BCUT2D eigenvalue weighted by Crippen LogP contribution is -2.55. The molecule has 1 fully saturated rings. The first-order chi connectivity index (χ1) is 14.5. The summed E-state index contributed by atoms with van der Waals surface area (Å²) in [5.41, 5.74) is 4.29. The average Bonchev–Trinajstić information content (AvgIpc) is 2.71. The van der Waals surface area contributed by atoms with Crippen molar-refractivity contribution in [1.82, 2.24) is 5.32 Å². The minimum atomic E-state index is -5.05. The number of nitrogens with zero attached hydrogens (tertiary/aromatic N) is 1. The predicted octanol–water partition coefficient (Wildman–Crippen LogP) is 1.27. The van der Waals surface area contributed by atoms with Crippen molar-refractivity contribution in [2.45, 2.75) is 24.8 Å². The molecule has 3 amide bonds. The standard InChI is InChI=1S/C17H18F6N4O4/c18-13(19)9-5-8(1-2-11(9)27-3-4-31-7-12(27)28)25-14(29)10(6-24)26-16(30)17(22,23)15(20)21/h1-2,5,10,13,15H,3-4,6-7,24H2,(H,25,29)(H,26,30)/t10-/m1/s1. The van der Waals surface area contributed by atoms with Gasteiger partial charge in [-0.3, -0.25) is 14.4 Å². The number of benzene rings is 1. The number of amides is 3. The zero-order valence-electron chi connectivity index (χ0n) is 15.7. The lowest BCUT2D eigenvalue weighted by atomic mass is 10.1. The molecule has 14 heteroatoms. The van der Waals surface area contributed by atoms with E-state index in [-0.39, 0.29) is 31.1 Å². The second-order valence-electron chi connectivity index (χ2n) is 6.35. The largest absolute Gasteiger partial charge is 0.383 e. The van der Waals surface area contributed by atoms with Crippen molar-refractivity contribution in [1.29, 1.82) is 0 Å². The molecule has 0 radical (unpaired) electrons. The molecule has 0 bridgehead atoms. The maximum absolute atomic E-state index is 13.5. The molecular weight excluding hydrogens is 438 g/mol. The number of halogens is 6. The summed E-state index contributed by atoms with van der Waals surface area (Å²) in [6.45, 7) is -0.862. The molecule has 1 heterocycles. The minimum Gasteiger partial charge on any atom is -0.370 e. The molecule has 1 aliphatic heterocycles. The van der Waals surface area contributed by atoms with Crippen LogP contribution in [0.25, 0.3) is 0 Å². The number of ether oxygens (including phenoxy) is 1. The van der Waals surface area contributed by atoms with Gasteiger partial charge in [-0.15, -0.1) is 0 Å². The maximum atomic E-state index is 13.5. The average molecular weight is 456 g/mol. The van der Waals surface area contributed by atoms with Crippen molar-refractivity contribution in [3.63, 3.8) is 0 Å². The van der Waals surface area contributed by atoms with E-state index in [9.17, 15) is 40.7 Å². The van der Waals surface area contributed by atoms with Crippen molar-refractivity contribution in [2.24, 2.45) is 5.73 Å². The van der Waals surface area contributed by atoms with Gasteiger partial charge in [0.15, 0.2) is 0 Å². The summed E-state index contributed by atoms with van der Waals surface area (Å²) in [6.07, 6.45) is -7.35. The maximum Gasteiger partial charge on any atom is 0.383 e. The fraction of sp³-hybridized carbons (Fsp3) is 0.471. The molecule has 0 unspecified atom stereocenters. The van der Waals surface area contributed by atoms with Crippen LogP contribution in [-0.4, -0.2) is 62.4 Å². The summed E-state index contributed by atoms with van der Waals surface area (Å²) >= 11 is 0. The molecule has 2 rings (SSSR count). The molecule has 1 saturated heterocycles. The molecule has 0 spiro atoms. The Labute approximate surface area is 171 Å². The Balaban J connectivity index is 2.19. The highest BCUT2D eigenvalue weighted by Gasteiger charge is 2.49. The van der Waals surface area contributed by atoms with Crippen LogP contribution in [0.4, 0.5) is 37.7 Å². The smallest absolute Gasteiger partial charge is 0.370 e. The summed E-state index contributed by atoms with van der Waals surface area (Å²) in [5.74, 6) is -9.21. The Morgan fingerprint density at radius 3 is 2.45 bits per heavy atom. The second kappa shape index (κ2) is 9.96. The highest BCUT2D eigenvalue weighted by Crippen LogP contribution is 2.33. The number of morpholine rings is 1. The first-order valence-electron chi connectivity index (χ1n) is 8.77. The van der Waals surface area contributed by atoms with E-state index in [0.29, 0.717) is 0 Å². The molecule has 8 nitrogen and oxygen atoms in total. The molecule has 172 valence electrons. The fourth-order valence-electron chi connectivity index (χ4n) is 2.64. The van der Waals surface area contributed by atoms with Gasteiger partial charge in [0, 0.05) is 24.3 Å². The first kappa shape index (κ1) is 24.4. The highest BCUT2D eigenvalue weighted by molar-refractivity contribution is 5.99. The lowest BCUT2D eigenvalue weighted by molar-refractivity contribution is -0.170. The molecule has 0 saturated carbocycles. The molecule has 0 aromatic heterocycles. The van der Waals surface area contributed by atoms with Gasteiger partial charge in [0.25, 0.3) is 18.2 Å². The second-order valence-corrected chi connectivity index (χ2v) is 6.35. The highest BCUT2D eigenvalue weighted by atomic mass is 19.3. The zero-order valence-corrected chi connectivity index (χ0v) is 15.7. The molecule has 1 aromatic carbocycles. The van der Waals surface area contributed by atoms with Crippen LogP contribution in [0, 0.1) is 0 Å². The van der Waals surface area contributed by atoms with Gasteiger partial charge in [0.1, 0.15) is 12.6 Å². The molecule has 4 N–H and O–H groups in total. The van der Waals surface area contributed by atoms with Gasteiger partial charge in [0.05, 0.1) is 12.3 Å². The van der Waals surface area contributed by atoms with Gasteiger partial charge in [-0.25, -0.2) is 17.6 Å². The molecule has 31 heavy (non-hydrogen) atoms. The van der Waals surface area contributed by atoms with Crippen LogP contribution in [0.15, 0.2) is 18.2 Å². The Morgan fingerprint density at radius 2 is 1.90 bits per heavy atom. The predicted molar refractivity (Wildman–Crippen MR) is 95.1 cm³/mol. The third-order valence-corrected chi connectivity index (χ3v) is 4.24. The number of nitrogens with one attached hydrogen (secondary N) is 2. The van der Waals surface area contributed by atoms with Crippen LogP contribution < -0.4 is 21.3 Å². The lowest BCUT2D eigenvalue weighted by Gasteiger charge is -2.29.